The van der Waals surface area contributed by atoms with Crippen molar-refractivity contribution in [1.82, 2.24) is 14.7 Å². The number of carboxylic acid groups (broad SMARTS) is 1. The van der Waals surface area contributed by atoms with Gasteiger partial charge in [-0.3, -0.25) is 9.48 Å². The van der Waals surface area contributed by atoms with Crippen LogP contribution in [0.3, 0.4) is 0 Å². The van der Waals surface area contributed by atoms with Gasteiger partial charge in [0, 0.05) is 30.4 Å². The zero-order valence-electron chi connectivity index (χ0n) is 13.4. The number of benzene rings is 1. The fourth-order valence-electron chi connectivity index (χ4n) is 2.69. The zero-order valence-corrected chi connectivity index (χ0v) is 13.4. The van der Waals surface area contributed by atoms with E-state index in [1.165, 1.54) is 12.1 Å². The molecule has 1 atom stereocenters. The Balaban J connectivity index is 1.71. The summed E-state index contributed by atoms with van der Waals surface area (Å²) in [5.41, 5.74) is 1.60. The average molecular weight is 329 g/mol. The van der Waals surface area contributed by atoms with Gasteiger partial charge < -0.3 is 14.7 Å². The molecule has 1 aliphatic rings. The Morgan fingerprint density at radius 1 is 1.29 bits per heavy atom. The number of nitrogens with zero attached hydrogens (tertiary/aromatic N) is 3. The molecular formula is C17H19N3O4. The molecule has 24 heavy (non-hydrogen) atoms. The van der Waals surface area contributed by atoms with Gasteiger partial charge in [0.1, 0.15) is 6.10 Å². The minimum Gasteiger partial charge on any atom is -0.478 e. The number of aromatic nitrogens is 2. The van der Waals surface area contributed by atoms with Gasteiger partial charge in [-0.05, 0) is 31.2 Å². The van der Waals surface area contributed by atoms with E-state index in [1.807, 2.05) is 17.8 Å². The van der Waals surface area contributed by atoms with E-state index in [2.05, 4.69) is 5.10 Å². The van der Waals surface area contributed by atoms with E-state index in [0.29, 0.717) is 25.3 Å². The lowest BCUT2D eigenvalue weighted by Gasteiger charge is -2.32. The lowest BCUT2D eigenvalue weighted by atomic mass is 10.1. The van der Waals surface area contributed by atoms with Crippen LogP contribution in [0, 0.1) is 0 Å². The van der Waals surface area contributed by atoms with Crippen LogP contribution >= 0.6 is 0 Å². The summed E-state index contributed by atoms with van der Waals surface area (Å²) in [7, 11) is 0. The molecule has 1 amide bonds. The van der Waals surface area contributed by atoms with Crippen LogP contribution in [-0.4, -0.2) is 51.4 Å². The monoisotopic (exact) mass is 329 g/mol. The highest BCUT2D eigenvalue weighted by atomic mass is 16.5. The van der Waals surface area contributed by atoms with Gasteiger partial charge in [0.2, 0.25) is 0 Å². The smallest absolute Gasteiger partial charge is 0.335 e. The molecule has 1 aliphatic heterocycles. The summed E-state index contributed by atoms with van der Waals surface area (Å²) in [6.45, 7) is 4.22. The Morgan fingerprint density at radius 2 is 2.00 bits per heavy atom. The molecule has 1 aromatic carbocycles. The summed E-state index contributed by atoms with van der Waals surface area (Å²) in [6, 6.07) is 5.98. The van der Waals surface area contributed by atoms with Crippen LogP contribution in [0.15, 0.2) is 36.7 Å². The molecule has 126 valence electrons. The van der Waals surface area contributed by atoms with E-state index in [4.69, 9.17) is 9.84 Å². The first-order chi connectivity index (χ1) is 11.6. The van der Waals surface area contributed by atoms with Gasteiger partial charge in [-0.2, -0.15) is 5.10 Å². The van der Waals surface area contributed by atoms with Crippen molar-refractivity contribution < 1.29 is 19.4 Å². The van der Waals surface area contributed by atoms with Crippen LogP contribution in [0.5, 0.6) is 0 Å². The molecular weight excluding hydrogens is 310 g/mol. The summed E-state index contributed by atoms with van der Waals surface area (Å²) in [6.07, 6.45) is 3.51. The number of rotatable bonds is 4. The second-order valence-electron chi connectivity index (χ2n) is 5.62. The van der Waals surface area contributed by atoms with Crippen molar-refractivity contribution in [2.75, 3.05) is 19.7 Å². The van der Waals surface area contributed by atoms with E-state index in [0.717, 1.165) is 12.1 Å². The summed E-state index contributed by atoms with van der Waals surface area (Å²) < 4.78 is 7.59. The maximum absolute atomic E-state index is 12.6. The molecule has 0 spiro atoms. The average Bonchev–Trinajstić information content (AvgIpc) is 3.10. The van der Waals surface area contributed by atoms with Crippen molar-refractivity contribution in [3.8, 4) is 0 Å². The Kier molecular flexibility index (Phi) is 4.61. The number of hydrogen-bond donors (Lipinski definition) is 1. The van der Waals surface area contributed by atoms with Gasteiger partial charge in [0.15, 0.2) is 0 Å². The van der Waals surface area contributed by atoms with Gasteiger partial charge >= 0.3 is 5.97 Å². The topological polar surface area (TPSA) is 84.7 Å². The molecule has 0 saturated carbocycles. The van der Waals surface area contributed by atoms with E-state index in [1.54, 1.807) is 23.2 Å². The third-order valence-electron chi connectivity index (χ3n) is 4.08. The summed E-state index contributed by atoms with van der Waals surface area (Å²) in [5, 5.41) is 13.2. The lowest BCUT2D eigenvalue weighted by Crippen LogP contribution is -2.42. The molecule has 1 N–H and O–H groups in total. The molecule has 1 unspecified atom stereocenters. The zero-order chi connectivity index (χ0) is 17.1. The molecule has 1 saturated heterocycles. The van der Waals surface area contributed by atoms with E-state index >= 15 is 0 Å². The minimum atomic E-state index is -1.01. The first-order valence-electron chi connectivity index (χ1n) is 7.85. The normalized spacial score (nSPS) is 17.7. The summed E-state index contributed by atoms with van der Waals surface area (Å²) in [5.74, 6) is -1.13. The molecule has 1 fully saturated rings. The maximum atomic E-state index is 12.6. The standard InChI is InChI=1S/C17H19N3O4/c1-2-20-10-14(9-18-20)15-11-19(7-8-24-15)16(21)12-3-5-13(6-4-12)17(22)23/h3-6,9-10,15H,2,7-8,11H2,1H3,(H,22,23). The quantitative estimate of drug-likeness (QED) is 0.925. The number of ether oxygens (including phenoxy) is 1. The number of aryl methyl sites for hydroxylation is 1. The maximum Gasteiger partial charge on any atom is 0.335 e. The molecule has 0 radical (unpaired) electrons. The van der Waals surface area contributed by atoms with Crippen molar-refractivity contribution in [3.63, 3.8) is 0 Å². The van der Waals surface area contributed by atoms with E-state index in [9.17, 15) is 9.59 Å². The largest absolute Gasteiger partial charge is 0.478 e. The highest BCUT2D eigenvalue weighted by Crippen LogP contribution is 2.23. The third-order valence-corrected chi connectivity index (χ3v) is 4.08. The SMILES string of the molecule is CCn1cc(C2CN(C(=O)c3ccc(C(=O)O)cc3)CCO2)cn1. The first-order valence-corrected chi connectivity index (χ1v) is 7.85. The highest BCUT2D eigenvalue weighted by Gasteiger charge is 2.27. The number of amides is 1. The van der Waals surface area contributed by atoms with Crippen LogP contribution in [-0.2, 0) is 11.3 Å². The van der Waals surface area contributed by atoms with Crippen LogP contribution in [0.25, 0.3) is 0 Å². The molecule has 7 heteroatoms. The Labute approximate surface area is 139 Å². The van der Waals surface area contributed by atoms with Gasteiger partial charge in [-0.1, -0.05) is 0 Å². The molecule has 7 nitrogen and oxygen atoms in total. The highest BCUT2D eigenvalue weighted by molar-refractivity contribution is 5.96. The third kappa shape index (κ3) is 3.30. The van der Waals surface area contributed by atoms with E-state index < -0.39 is 5.97 Å². The second kappa shape index (κ2) is 6.84. The molecule has 1 aromatic heterocycles. The second-order valence-corrected chi connectivity index (χ2v) is 5.62. The predicted octanol–water partition coefficient (Wildman–Crippen LogP) is 1.81. The van der Waals surface area contributed by atoms with Crippen molar-refractivity contribution >= 4 is 11.9 Å². The van der Waals surface area contributed by atoms with Crippen molar-refractivity contribution in [2.45, 2.75) is 19.6 Å². The molecule has 0 bridgehead atoms. The number of aromatic carboxylic acids is 1. The van der Waals surface area contributed by atoms with Crippen LogP contribution in [0.2, 0.25) is 0 Å². The molecule has 0 aliphatic carbocycles. The van der Waals surface area contributed by atoms with Gasteiger partial charge in [-0.25, -0.2) is 4.79 Å². The Morgan fingerprint density at radius 3 is 2.62 bits per heavy atom. The number of carbonyl (C=O) groups is 2. The van der Waals surface area contributed by atoms with Crippen LogP contribution in [0.1, 0.15) is 39.3 Å². The van der Waals surface area contributed by atoms with Gasteiger partial charge in [0.25, 0.3) is 5.91 Å². The number of carboxylic acids is 1. The minimum absolute atomic E-state index is 0.122. The number of hydrogen-bond acceptors (Lipinski definition) is 4. The van der Waals surface area contributed by atoms with Crippen molar-refractivity contribution in [2.24, 2.45) is 0 Å². The number of carbonyl (C=O) groups excluding carboxylic acids is 1. The Hall–Kier alpha value is -2.67. The molecule has 2 heterocycles. The summed E-state index contributed by atoms with van der Waals surface area (Å²) in [4.78, 5) is 25.2. The summed E-state index contributed by atoms with van der Waals surface area (Å²) >= 11 is 0. The van der Waals surface area contributed by atoms with Gasteiger partial charge in [-0.15, -0.1) is 0 Å². The fraction of sp³-hybridized carbons (Fsp3) is 0.353. The van der Waals surface area contributed by atoms with Crippen LogP contribution in [0.4, 0.5) is 0 Å². The first kappa shape index (κ1) is 16.2. The number of morpholine rings is 1. The molecule has 2 aromatic rings. The molecule has 3 rings (SSSR count). The van der Waals surface area contributed by atoms with Crippen molar-refractivity contribution in [1.29, 1.82) is 0 Å². The van der Waals surface area contributed by atoms with Gasteiger partial charge in [0.05, 0.1) is 24.9 Å². The van der Waals surface area contributed by atoms with Crippen molar-refractivity contribution in [3.05, 3.63) is 53.3 Å². The van der Waals surface area contributed by atoms with E-state index in [-0.39, 0.29) is 17.6 Å². The predicted molar refractivity (Wildman–Crippen MR) is 85.9 cm³/mol. The fourth-order valence-corrected chi connectivity index (χ4v) is 2.69. The Bertz CT molecular complexity index is 739. The lowest BCUT2D eigenvalue weighted by molar-refractivity contribution is -0.0228. The van der Waals surface area contributed by atoms with Crippen LogP contribution < -0.4 is 0 Å².